The van der Waals surface area contributed by atoms with Gasteiger partial charge in [-0.15, -0.1) is 0 Å². The molecule has 2 atom stereocenters. The number of hydrogen-bond acceptors (Lipinski definition) is 0. The van der Waals surface area contributed by atoms with Gasteiger partial charge in [0.1, 0.15) is 0 Å². The van der Waals surface area contributed by atoms with Crippen LogP contribution in [0.3, 0.4) is 0 Å². The average molecular weight is 619 g/mol. The zero-order valence-corrected chi connectivity index (χ0v) is 32.0. The highest BCUT2D eigenvalue weighted by Crippen LogP contribution is 2.24. The molecule has 0 saturated carbocycles. The van der Waals surface area contributed by atoms with Crippen LogP contribution in [-0.2, 0) is 0 Å². The molecule has 44 heavy (non-hydrogen) atoms. The van der Waals surface area contributed by atoms with Gasteiger partial charge in [0.15, 0.2) is 0 Å². The van der Waals surface area contributed by atoms with Gasteiger partial charge in [-0.3, -0.25) is 0 Å². The maximum Gasteiger partial charge on any atom is -0.0417 e. The van der Waals surface area contributed by atoms with Gasteiger partial charge in [0.25, 0.3) is 0 Å². The average Bonchev–Trinajstić information content (AvgIpc) is 3.03. The zero-order chi connectivity index (χ0) is 32.0. The van der Waals surface area contributed by atoms with E-state index in [1.807, 2.05) is 0 Å². The Balaban J connectivity index is 3.25. The van der Waals surface area contributed by atoms with Crippen molar-refractivity contribution in [3.05, 3.63) is 0 Å². The van der Waals surface area contributed by atoms with E-state index in [-0.39, 0.29) is 0 Å². The van der Waals surface area contributed by atoms with Gasteiger partial charge >= 0.3 is 0 Å². The smallest absolute Gasteiger partial charge is 0.0417 e. The highest BCUT2D eigenvalue weighted by Gasteiger charge is 2.11. The molecule has 0 aromatic carbocycles. The summed E-state index contributed by atoms with van der Waals surface area (Å²) in [6.45, 7) is 9.69. The largest absolute Gasteiger partial charge is 0.0654 e. The van der Waals surface area contributed by atoms with Crippen molar-refractivity contribution >= 4 is 0 Å². The van der Waals surface area contributed by atoms with Crippen LogP contribution in [0.15, 0.2) is 0 Å². The van der Waals surface area contributed by atoms with Gasteiger partial charge in [-0.1, -0.05) is 272 Å². The Morgan fingerprint density at radius 1 is 0.205 bits per heavy atom. The van der Waals surface area contributed by atoms with Crippen LogP contribution in [0, 0.1) is 11.8 Å². The molecule has 0 aromatic rings. The fourth-order valence-electron chi connectivity index (χ4n) is 7.30. The molecule has 0 aliphatic rings. The van der Waals surface area contributed by atoms with Crippen molar-refractivity contribution in [1.82, 2.24) is 0 Å². The van der Waals surface area contributed by atoms with Crippen LogP contribution < -0.4 is 0 Å². The monoisotopic (exact) mass is 619 g/mol. The van der Waals surface area contributed by atoms with E-state index in [4.69, 9.17) is 0 Å². The first-order valence-corrected chi connectivity index (χ1v) is 21.7. The van der Waals surface area contributed by atoms with E-state index in [2.05, 4.69) is 27.7 Å². The molecule has 0 heterocycles. The summed E-state index contributed by atoms with van der Waals surface area (Å²) in [5.41, 5.74) is 0. The maximum atomic E-state index is 2.53. The van der Waals surface area contributed by atoms with Crippen LogP contribution in [0.25, 0.3) is 0 Å². The van der Waals surface area contributed by atoms with Crippen molar-refractivity contribution in [3.63, 3.8) is 0 Å². The molecule has 0 spiro atoms. The molecule has 0 bridgehead atoms. The fraction of sp³-hybridized carbons (Fsp3) is 1.00. The van der Waals surface area contributed by atoms with Crippen molar-refractivity contribution in [2.75, 3.05) is 0 Å². The van der Waals surface area contributed by atoms with Crippen LogP contribution in [0.1, 0.15) is 272 Å². The molecule has 0 saturated heterocycles. The van der Waals surface area contributed by atoms with E-state index in [1.165, 1.54) is 244 Å². The topological polar surface area (TPSA) is 0 Å². The van der Waals surface area contributed by atoms with Gasteiger partial charge in [0.05, 0.1) is 0 Å². The zero-order valence-electron chi connectivity index (χ0n) is 32.0. The molecular weight excluding hydrogens is 528 g/mol. The van der Waals surface area contributed by atoms with Crippen molar-refractivity contribution in [1.29, 1.82) is 0 Å². The molecule has 0 heteroatoms. The van der Waals surface area contributed by atoms with E-state index in [1.54, 1.807) is 0 Å². The van der Waals surface area contributed by atoms with Gasteiger partial charge in [-0.25, -0.2) is 0 Å². The number of unbranched alkanes of at least 4 members (excludes halogenated alkanes) is 34. The van der Waals surface area contributed by atoms with Crippen LogP contribution in [0.2, 0.25) is 0 Å². The SMILES string of the molecule is CCCCCCCCCCCCCCCCCCCCC(C)C(C)CCCCCCCCCCCCCCCCCCCC. The van der Waals surface area contributed by atoms with E-state index >= 15 is 0 Å². The lowest BCUT2D eigenvalue weighted by Gasteiger charge is -2.19. The summed E-state index contributed by atoms with van der Waals surface area (Å²) in [6, 6.07) is 0. The van der Waals surface area contributed by atoms with Gasteiger partial charge in [0.2, 0.25) is 0 Å². The predicted molar refractivity (Wildman–Crippen MR) is 205 cm³/mol. The molecule has 0 nitrogen and oxygen atoms in total. The molecule has 2 unspecified atom stereocenters. The molecule has 0 aliphatic heterocycles. The van der Waals surface area contributed by atoms with E-state index in [9.17, 15) is 0 Å². The van der Waals surface area contributed by atoms with E-state index in [0.717, 1.165) is 11.8 Å². The first-order valence-electron chi connectivity index (χ1n) is 21.7. The van der Waals surface area contributed by atoms with Crippen molar-refractivity contribution < 1.29 is 0 Å². The normalized spacial score (nSPS) is 13.1. The first-order chi connectivity index (χ1) is 21.7. The Morgan fingerprint density at radius 2 is 0.341 bits per heavy atom. The number of rotatable bonds is 39. The van der Waals surface area contributed by atoms with Crippen LogP contribution in [-0.4, -0.2) is 0 Å². The van der Waals surface area contributed by atoms with Gasteiger partial charge in [-0.05, 0) is 11.8 Å². The van der Waals surface area contributed by atoms with E-state index in [0.29, 0.717) is 0 Å². The third-order valence-electron chi connectivity index (χ3n) is 11.0. The molecule has 0 radical (unpaired) electrons. The maximum absolute atomic E-state index is 2.53. The number of hydrogen-bond donors (Lipinski definition) is 0. The summed E-state index contributed by atoms with van der Waals surface area (Å²) >= 11 is 0. The van der Waals surface area contributed by atoms with Crippen LogP contribution >= 0.6 is 0 Å². The highest BCUT2D eigenvalue weighted by molar-refractivity contribution is 4.63. The minimum Gasteiger partial charge on any atom is -0.0654 e. The van der Waals surface area contributed by atoms with Gasteiger partial charge in [-0.2, -0.15) is 0 Å². The minimum absolute atomic E-state index is 0.932. The molecular formula is C44H90. The quantitative estimate of drug-likeness (QED) is 0.0601. The summed E-state index contributed by atoms with van der Waals surface area (Å²) in [4.78, 5) is 0. The lowest BCUT2D eigenvalue weighted by atomic mass is 9.86. The second-order valence-corrected chi connectivity index (χ2v) is 15.6. The standard InChI is InChI=1S/C44H90/c1-5-7-9-11-13-15-17-19-21-23-25-27-29-31-33-35-37-39-41-43(3)44(4)42-40-38-36-34-32-30-28-26-24-22-20-18-16-14-12-10-8-6-2/h43-44H,5-42H2,1-4H3. The summed E-state index contributed by atoms with van der Waals surface area (Å²) in [6.07, 6.45) is 56.1. The molecule has 0 aromatic heterocycles. The lowest BCUT2D eigenvalue weighted by Crippen LogP contribution is -2.08. The highest BCUT2D eigenvalue weighted by atomic mass is 14.2. The molecule has 0 rings (SSSR count). The van der Waals surface area contributed by atoms with Gasteiger partial charge < -0.3 is 0 Å². The molecule has 0 aliphatic carbocycles. The summed E-state index contributed by atoms with van der Waals surface area (Å²) in [5, 5.41) is 0. The van der Waals surface area contributed by atoms with E-state index < -0.39 is 0 Å². The third kappa shape index (κ3) is 36.5. The van der Waals surface area contributed by atoms with Crippen LogP contribution in [0.5, 0.6) is 0 Å². The third-order valence-corrected chi connectivity index (χ3v) is 11.0. The Hall–Kier alpha value is 0. The summed E-state index contributed by atoms with van der Waals surface area (Å²) in [5.74, 6) is 1.86. The molecule has 0 fully saturated rings. The second kappa shape index (κ2) is 39.2. The first kappa shape index (κ1) is 44.0. The second-order valence-electron chi connectivity index (χ2n) is 15.6. The Kier molecular flexibility index (Phi) is 39.2. The summed E-state index contributed by atoms with van der Waals surface area (Å²) in [7, 11) is 0. The molecule has 0 amide bonds. The Bertz CT molecular complexity index is 436. The lowest BCUT2D eigenvalue weighted by molar-refractivity contribution is 0.322. The molecule has 266 valence electrons. The fourth-order valence-corrected chi connectivity index (χ4v) is 7.30. The Labute approximate surface area is 282 Å². The predicted octanol–water partition coefficient (Wildman–Crippen LogP) is 17.1. The molecule has 0 N–H and O–H groups in total. The van der Waals surface area contributed by atoms with Crippen molar-refractivity contribution in [2.45, 2.75) is 272 Å². The minimum atomic E-state index is 0.932. The Morgan fingerprint density at radius 3 is 0.500 bits per heavy atom. The van der Waals surface area contributed by atoms with Crippen molar-refractivity contribution in [3.8, 4) is 0 Å². The van der Waals surface area contributed by atoms with Crippen molar-refractivity contribution in [2.24, 2.45) is 11.8 Å². The van der Waals surface area contributed by atoms with Crippen LogP contribution in [0.4, 0.5) is 0 Å². The van der Waals surface area contributed by atoms with Gasteiger partial charge in [0, 0.05) is 0 Å². The summed E-state index contributed by atoms with van der Waals surface area (Å²) < 4.78 is 0.